The highest BCUT2D eigenvalue weighted by Gasteiger charge is 2.06. The lowest BCUT2D eigenvalue weighted by Crippen LogP contribution is -2.10. The van der Waals surface area contributed by atoms with Gasteiger partial charge >= 0.3 is 0 Å². The summed E-state index contributed by atoms with van der Waals surface area (Å²) in [7, 11) is 0. The fourth-order valence-corrected chi connectivity index (χ4v) is 1.62. The van der Waals surface area contributed by atoms with Crippen molar-refractivity contribution in [2.75, 3.05) is 0 Å². The maximum atomic E-state index is 6.03. The predicted octanol–water partition coefficient (Wildman–Crippen LogP) is 3.45. The van der Waals surface area contributed by atoms with Crippen molar-refractivity contribution >= 4 is 11.6 Å². The van der Waals surface area contributed by atoms with Gasteiger partial charge in [0.05, 0.1) is 0 Å². The highest BCUT2D eigenvalue weighted by Crippen LogP contribution is 2.22. The first-order valence-corrected chi connectivity index (χ1v) is 5.48. The van der Waals surface area contributed by atoms with Crippen LogP contribution in [0, 0.1) is 19.3 Å². The van der Waals surface area contributed by atoms with Gasteiger partial charge in [0.1, 0.15) is 0 Å². The molecule has 0 saturated carbocycles. The van der Waals surface area contributed by atoms with Crippen LogP contribution in [0.4, 0.5) is 0 Å². The summed E-state index contributed by atoms with van der Waals surface area (Å²) in [5.41, 5.74) is 8.19. The highest BCUT2D eigenvalue weighted by atomic mass is 35.5. The summed E-state index contributed by atoms with van der Waals surface area (Å²) in [5, 5.41) is 0.778. The van der Waals surface area contributed by atoms with E-state index in [1.54, 1.807) is 0 Å². The second-order valence-electron chi connectivity index (χ2n) is 3.71. The Hall–Kier alpha value is -0.970. The number of aryl methyl sites for hydroxylation is 1. The molecule has 0 aliphatic heterocycles. The Kier molecular flexibility index (Phi) is 4.68. The first-order chi connectivity index (χ1) is 7.15. The zero-order valence-corrected chi connectivity index (χ0v) is 9.72. The summed E-state index contributed by atoms with van der Waals surface area (Å²) < 4.78 is 0. The van der Waals surface area contributed by atoms with Crippen molar-refractivity contribution < 1.29 is 0 Å². The van der Waals surface area contributed by atoms with Gasteiger partial charge in [-0.25, -0.2) is 0 Å². The summed E-state index contributed by atoms with van der Waals surface area (Å²) in [5.74, 6) is 2.61. The van der Waals surface area contributed by atoms with E-state index in [1.165, 1.54) is 0 Å². The monoisotopic (exact) mass is 221 g/mol. The van der Waals surface area contributed by atoms with E-state index in [-0.39, 0.29) is 6.04 Å². The summed E-state index contributed by atoms with van der Waals surface area (Å²) >= 11 is 6.03. The molecule has 0 aromatic heterocycles. The van der Waals surface area contributed by atoms with Gasteiger partial charge in [0.2, 0.25) is 0 Å². The van der Waals surface area contributed by atoms with Crippen LogP contribution in [0.3, 0.4) is 0 Å². The molecule has 0 heterocycles. The molecule has 2 heteroatoms. The third-order valence-corrected chi connectivity index (χ3v) is 2.87. The second-order valence-corrected chi connectivity index (χ2v) is 4.12. The van der Waals surface area contributed by atoms with Crippen molar-refractivity contribution in [3.8, 4) is 12.3 Å². The van der Waals surface area contributed by atoms with Gasteiger partial charge < -0.3 is 5.73 Å². The number of hydrogen-bond acceptors (Lipinski definition) is 1. The average Bonchev–Trinajstić information content (AvgIpc) is 2.22. The fourth-order valence-electron chi connectivity index (χ4n) is 1.43. The molecule has 0 amide bonds. The Morgan fingerprint density at radius 1 is 1.53 bits per heavy atom. The van der Waals surface area contributed by atoms with Gasteiger partial charge in [0.15, 0.2) is 0 Å². The van der Waals surface area contributed by atoms with E-state index < -0.39 is 0 Å². The van der Waals surface area contributed by atoms with Crippen molar-refractivity contribution in [3.05, 3.63) is 34.3 Å². The number of terminal acetylenes is 1. The Morgan fingerprint density at radius 2 is 2.27 bits per heavy atom. The lowest BCUT2D eigenvalue weighted by Gasteiger charge is -2.12. The van der Waals surface area contributed by atoms with Crippen LogP contribution in [-0.4, -0.2) is 0 Å². The van der Waals surface area contributed by atoms with Gasteiger partial charge in [0.25, 0.3) is 0 Å². The molecular formula is C13H16ClN. The van der Waals surface area contributed by atoms with Gasteiger partial charge in [-0.2, -0.15) is 0 Å². The zero-order valence-electron chi connectivity index (χ0n) is 8.96. The Morgan fingerprint density at radius 3 is 2.87 bits per heavy atom. The van der Waals surface area contributed by atoms with E-state index in [0.717, 1.165) is 35.4 Å². The minimum Gasteiger partial charge on any atom is -0.324 e. The van der Waals surface area contributed by atoms with Crippen molar-refractivity contribution in [2.45, 2.75) is 32.2 Å². The van der Waals surface area contributed by atoms with Crippen LogP contribution >= 0.6 is 11.6 Å². The van der Waals surface area contributed by atoms with Gasteiger partial charge in [-0.05, 0) is 37.0 Å². The molecule has 1 rings (SSSR count). The molecule has 1 atom stereocenters. The van der Waals surface area contributed by atoms with Crippen molar-refractivity contribution in [1.29, 1.82) is 0 Å². The normalized spacial score (nSPS) is 12.1. The van der Waals surface area contributed by atoms with Crippen LogP contribution in [0.1, 0.15) is 36.4 Å². The van der Waals surface area contributed by atoms with Gasteiger partial charge in [0, 0.05) is 17.5 Å². The first kappa shape index (κ1) is 12.1. The van der Waals surface area contributed by atoms with Gasteiger partial charge in [-0.1, -0.05) is 23.7 Å². The number of benzene rings is 1. The third-order valence-electron chi connectivity index (χ3n) is 2.46. The van der Waals surface area contributed by atoms with E-state index in [0.29, 0.717) is 0 Å². The Labute approximate surface area is 96.6 Å². The molecule has 0 saturated heterocycles. The number of hydrogen-bond donors (Lipinski definition) is 1. The minimum absolute atomic E-state index is 0.0384. The molecule has 2 N–H and O–H groups in total. The average molecular weight is 222 g/mol. The van der Waals surface area contributed by atoms with E-state index in [2.05, 4.69) is 5.92 Å². The molecular weight excluding hydrogens is 206 g/mol. The molecule has 0 aliphatic carbocycles. The smallest absolute Gasteiger partial charge is 0.0438 e. The Bertz CT molecular complexity index is 365. The maximum absolute atomic E-state index is 6.03. The van der Waals surface area contributed by atoms with Crippen LogP contribution in [0.2, 0.25) is 5.02 Å². The number of halogens is 1. The summed E-state index contributed by atoms with van der Waals surface area (Å²) in [6, 6.07) is 6.01. The third kappa shape index (κ3) is 3.58. The molecule has 0 radical (unpaired) electrons. The second kappa shape index (κ2) is 5.80. The van der Waals surface area contributed by atoms with Gasteiger partial charge in [-0.3, -0.25) is 0 Å². The largest absolute Gasteiger partial charge is 0.324 e. The van der Waals surface area contributed by atoms with E-state index >= 15 is 0 Å². The van der Waals surface area contributed by atoms with Crippen LogP contribution in [0.15, 0.2) is 18.2 Å². The first-order valence-electron chi connectivity index (χ1n) is 5.10. The molecule has 1 nitrogen and oxygen atoms in total. The molecule has 0 aliphatic rings. The number of rotatable bonds is 4. The number of unbranched alkanes of at least 4 members (excludes halogenated alkanes) is 1. The lowest BCUT2D eigenvalue weighted by molar-refractivity contribution is 0.621. The molecule has 0 fully saturated rings. The van der Waals surface area contributed by atoms with Crippen molar-refractivity contribution in [3.63, 3.8) is 0 Å². The zero-order chi connectivity index (χ0) is 11.3. The van der Waals surface area contributed by atoms with Crippen molar-refractivity contribution in [2.24, 2.45) is 5.73 Å². The maximum Gasteiger partial charge on any atom is 0.0438 e. The van der Waals surface area contributed by atoms with E-state index in [1.807, 2.05) is 25.1 Å². The minimum atomic E-state index is 0.0384. The fraction of sp³-hybridized carbons (Fsp3) is 0.385. The van der Waals surface area contributed by atoms with Crippen LogP contribution in [-0.2, 0) is 0 Å². The quantitative estimate of drug-likeness (QED) is 0.612. The van der Waals surface area contributed by atoms with Crippen molar-refractivity contribution in [1.82, 2.24) is 0 Å². The topological polar surface area (TPSA) is 26.0 Å². The van der Waals surface area contributed by atoms with Crippen LogP contribution in [0.25, 0.3) is 0 Å². The molecule has 1 aromatic carbocycles. The number of nitrogens with two attached hydrogens (primary N) is 1. The van der Waals surface area contributed by atoms with E-state index in [9.17, 15) is 0 Å². The molecule has 1 aromatic rings. The molecule has 0 bridgehead atoms. The summed E-state index contributed by atoms with van der Waals surface area (Å²) in [4.78, 5) is 0. The van der Waals surface area contributed by atoms with Crippen LogP contribution < -0.4 is 5.73 Å². The molecule has 0 spiro atoms. The molecule has 1 unspecified atom stereocenters. The molecule has 80 valence electrons. The summed E-state index contributed by atoms with van der Waals surface area (Å²) in [6.45, 7) is 1.98. The Balaban J connectivity index is 2.62. The SMILES string of the molecule is C#CCCCC(N)c1ccc(C)c(Cl)c1. The lowest BCUT2D eigenvalue weighted by atomic mass is 10.0. The molecule has 15 heavy (non-hydrogen) atoms. The van der Waals surface area contributed by atoms with Crippen LogP contribution in [0.5, 0.6) is 0 Å². The highest BCUT2D eigenvalue weighted by molar-refractivity contribution is 6.31. The van der Waals surface area contributed by atoms with Gasteiger partial charge in [-0.15, -0.1) is 12.3 Å². The van der Waals surface area contributed by atoms with E-state index in [4.69, 9.17) is 23.8 Å². The standard InChI is InChI=1S/C13H16ClN/c1-3-4-5-6-13(15)11-8-7-10(2)12(14)9-11/h1,7-9,13H,4-6,15H2,2H3. The predicted molar refractivity (Wildman–Crippen MR) is 65.8 cm³/mol. The summed E-state index contributed by atoms with van der Waals surface area (Å²) in [6.07, 6.45) is 7.84.